The van der Waals surface area contributed by atoms with E-state index in [1.807, 2.05) is 42.5 Å². The van der Waals surface area contributed by atoms with Gasteiger partial charge in [0.05, 0.1) is 18.2 Å². The van der Waals surface area contributed by atoms with Gasteiger partial charge in [-0.25, -0.2) is 0 Å². The SMILES string of the molecule is C=Cc1ccc(CCCCCCCCOc2ccc(-c3ccc(C#N)cc3)cc2)cc1. The van der Waals surface area contributed by atoms with Gasteiger partial charge in [-0.05, 0) is 65.8 Å². The summed E-state index contributed by atoms with van der Waals surface area (Å²) in [6.07, 6.45) is 10.5. The Labute approximate surface area is 186 Å². The van der Waals surface area contributed by atoms with E-state index in [2.05, 4.69) is 49.0 Å². The molecule has 3 aromatic rings. The van der Waals surface area contributed by atoms with Gasteiger partial charge in [0.25, 0.3) is 0 Å². The third-order valence-corrected chi connectivity index (χ3v) is 5.55. The zero-order valence-electron chi connectivity index (χ0n) is 18.2. The van der Waals surface area contributed by atoms with Crippen molar-refractivity contribution in [1.29, 1.82) is 5.26 Å². The van der Waals surface area contributed by atoms with Crippen molar-refractivity contribution >= 4 is 6.08 Å². The summed E-state index contributed by atoms with van der Waals surface area (Å²) in [6, 6.07) is 26.7. The van der Waals surface area contributed by atoms with Gasteiger partial charge in [-0.15, -0.1) is 0 Å². The Morgan fingerprint density at radius 3 is 1.90 bits per heavy atom. The van der Waals surface area contributed by atoms with Crippen LogP contribution < -0.4 is 4.74 Å². The zero-order chi connectivity index (χ0) is 21.7. The van der Waals surface area contributed by atoms with E-state index in [9.17, 15) is 0 Å². The Balaban J connectivity index is 1.25. The van der Waals surface area contributed by atoms with Crippen LogP contribution in [0.25, 0.3) is 17.2 Å². The first kappa shape index (κ1) is 22.4. The summed E-state index contributed by atoms with van der Waals surface area (Å²) in [6.45, 7) is 4.57. The molecule has 0 spiro atoms. The number of nitrogens with zero attached hydrogens (tertiary/aromatic N) is 1. The van der Waals surface area contributed by atoms with E-state index in [0.717, 1.165) is 29.9 Å². The van der Waals surface area contributed by atoms with Gasteiger partial charge in [0, 0.05) is 0 Å². The highest BCUT2D eigenvalue weighted by Gasteiger charge is 2.00. The van der Waals surface area contributed by atoms with E-state index in [-0.39, 0.29) is 0 Å². The Bertz CT molecular complexity index is 963. The summed E-state index contributed by atoms with van der Waals surface area (Å²) in [7, 11) is 0. The molecule has 0 aromatic heterocycles. The number of benzene rings is 3. The number of unbranched alkanes of at least 4 members (excludes halogenated alkanes) is 5. The number of hydrogen-bond donors (Lipinski definition) is 0. The smallest absolute Gasteiger partial charge is 0.119 e. The topological polar surface area (TPSA) is 33.0 Å². The van der Waals surface area contributed by atoms with Crippen LogP contribution in [0.15, 0.2) is 79.4 Å². The quantitative estimate of drug-likeness (QED) is 0.286. The molecule has 0 N–H and O–H groups in total. The van der Waals surface area contributed by atoms with Crippen molar-refractivity contribution in [2.75, 3.05) is 6.61 Å². The lowest BCUT2D eigenvalue weighted by molar-refractivity contribution is 0.304. The molecule has 0 atom stereocenters. The van der Waals surface area contributed by atoms with Crippen LogP contribution in [0.4, 0.5) is 0 Å². The Morgan fingerprint density at radius 1 is 0.710 bits per heavy atom. The summed E-state index contributed by atoms with van der Waals surface area (Å²) in [5.74, 6) is 0.917. The van der Waals surface area contributed by atoms with Gasteiger partial charge < -0.3 is 4.74 Å². The summed E-state index contributed by atoms with van der Waals surface area (Å²) in [4.78, 5) is 0. The van der Waals surface area contributed by atoms with E-state index in [1.54, 1.807) is 0 Å². The standard InChI is InChI=1S/C29H31NO/c1-2-24-10-12-25(13-11-24)9-7-5-3-4-6-8-22-31-29-20-18-28(19-21-29)27-16-14-26(23-30)15-17-27/h2,10-21H,1,3-9,22H2. The third kappa shape index (κ3) is 7.46. The van der Waals surface area contributed by atoms with Crippen LogP contribution in [0, 0.1) is 11.3 Å². The maximum atomic E-state index is 8.90. The molecule has 0 heterocycles. The van der Waals surface area contributed by atoms with Crippen LogP contribution >= 0.6 is 0 Å². The molecule has 0 radical (unpaired) electrons. The molecule has 0 unspecified atom stereocenters. The second-order valence-corrected chi connectivity index (χ2v) is 7.88. The Hall–Kier alpha value is -3.31. The molecule has 2 heteroatoms. The molecule has 0 amide bonds. The average Bonchev–Trinajstić information content (AvgIpc) is 2.84. The van der Waals surface area contributed by atoms with E-state index in [0.29, 0.717) is 5.56 Å². The minimum atomic E-state index is 0.683. The molecule has 3 aromatic carbocycles. The van der Waals surface area contributed by atoms with Crippen molar-refractivity contribution in [2.24, 2.45) is 0 Å². The molecule has 0 saturated heterocycles. The fraction of sp³-hybridized carbons (Fsp3) is 0.276. The van der Waals surface area contributed by atoms with Crippen LogP contribution in [0.3, 0.4) is 0 Å². The molecule has 3 rings (SSSR count). The fourth-order valence-corrected chi connectivity index (χ4v) is 3.63. The normalized spacial score (nSPS) is 10.4. The lowest BCUT2D eigenvalue weighted by Crippen LogP contribution is -1.97. The van der Waals surface area contributed by atoms with E-state index >= 15 is 0 Å². The van der Waals surface area contributed by atoms with Crippen LogP contribution in [0.2, 0.25) is 0 Å². The molecule has 0 aliphatic rings. The number of rotatable bonds is 12. The van der Waals surface area contributed by atoms with E-state index in [4.69, 9.17) is 10.00 Å². The highest BCUT2D eigenvalue weighted by Crippen LogP contribution is 2.23. The summed E-state index contributed by atoms with van der Waals surface area (Å²) < 4.78 is 5.89. The van der Waals surface area contributed by atoms with Crippen molar-refractivity contribution in [3.63, 3.8) is 0 Å². The van der Waals surface area contributed by atoms with Crippen LogP contribution in [0.5, 0.6) is 5.75 Å². The molecular formula is C29H31NO. The highest BCUT2D eigenvalue weighted by atomic mass is 16.5. The summed E-state index contributed by atoms with van der Waals surface area (Å²) >= 11 is 0. The van der Waals surface area contributed by atoms with Crippen LogP contribution in [-0.4, -0.2) is 6.61 Å². The Morgan fingerprint density at radius 2 is 1.29 bits per heavy atom. The minimum absolute atomic E-state index is 0.683. The molecule has 0 bridgehead atoms. The molecule has 0 aliphatic carbocycles. The fourth-order valence-electron chi connectivity index (χ4n) is 3.63. The number of aryl methyl sites for hydroxylation is 1. The van der Waals surface area contributed by atoms with E-state index in [1.165, 1.54) is 49.7 Å². The van der Waals surface area contributed by atoms with Gasteiger partial charge >= 0.3 is 0 Å². The van der Waals surface area contributed by atoms with Crippen molar-refractivity contribution in [2.45, 2.75) is 44.9 Å². The van der Waals surface area contributed by atoms with Crippen molar-refractivity contribution < 1.29 is 4.74 Å². The largest absolute Gasteiger partial charge is 0.494 e. The second kappa shape index (κ2) is 12.4. The molecule has 0 saturated carbocycles. The monoisotopic (exact) mass is 409 g/mol. The first-order valence-electron chi connectivity index (χ1n) is 11.2. The lowest BCUT2D eigenvalue weighted by atomic mass is 10.0. The number of nitriles is 1. The third-order valence-electron chi connectivity index (χ3n) is 5.55. The predicted molar refractivity (Wildman–Crippen MR) is 130 cm³/mol. The Kier molecular flexibility index (Phi) is 8.95. The maximum absolute atomic E-state index is 8.90. The second-order valence-electron chi connectivity index (χ2n) is 7.88. The van der Waals surface area contributed by atoms with Gasteiger partial charge in [-0.3, -0.25) is 0 Å². The first-order valence-corrected chi connectivity index (χ1v) is 11.2. The van der Waals surface area contributed by atoms with Crippen molar-refractivity contribution in [3.05, 3.63) is 96.1 Å². The predicted octanol–water partition coefficient (Wildman–Crippen LogP) is 7.83. The van der Waals surface area contributed by atoms with Gasteiger partial charge in [-0.1, -0.05) is 86.9 Å². The first-order chi connectivity index (χ1) is 15.3. The molecular weight excluding hydrogens is 378 g/mol. The molecule has 31 heavy (non-hydrogen) atoms. The molecule has 158 valence electrons. The maximum Gasteiger partial charge on any atom is 0.119 e. The van der Waals surface area contributed by atoms with Crippen molar-refractivity contribution in [1.82, 2.24) is 0 Å². The van der Waals surface area contributed by atoms with E-state index < -0.39 is 0 Å². The van der Waals surface area contributed by atoms with Crippen LogP contribution in [0.1, 0.15) is 55.2 Å². The van der Waals surface area contributed by atoms with Gasteiger partial charge in [0.15, 0.2) is 0 Å². The average molecular weight is 410 g/mol. The van der Waals surface area contributed by atoms with Crippen LogP contribution in [-0.2, 0) is 6.42 Å². The molecule has 0 fully saturated rings. The number of ether oxygens (including phenoxy) is 1. The minimum Gasteiger partial charge on any atom is -0.494 e. The zero-order valence-corrected chi connectivity index (χ0v) is 18.2. The molecule has 0 aliphatic heterocycles. The highest BCUT2D eigenvalue weighted by molar-refractivity contribution is 5.64. The van der Waals surface area contributed by atoms with Gasteiger partial charge in [-0.2, -0.15) is 5.26 Å². The summed E-state index contributed by atoms with van der Waals surface area (Å²) in [5, 5.41) is 8.90. The van der Waals surface area contributed by atoms with Crippen molar-refractivity contribution in [3.8, 4) is 22.9 Å². The summed E-state index contributed by atoms with van der Waals surface area (Å²) in [5.41, 5.74) is 5.53. The van der Waals surface area contributed by atoms with Gasteiger partial charge in [0.2, 0.25) is 0 Å². The number of hydrogen-bond acceptors (Lipinski definition) is 2. The molecule has 2 nitrogen and oxygen atoms in total. The van der Waals surface area contributed by atoms with Gasteiger partial charge in [0.1, 0.15) is 5.75 Å². The lowest BCUT2D eigenvalue weighted by Gasteiger charge is -2.08.